The van der Waals surface area contributed by atoms with Gasteiger partial charge in [-0.3, -0.25) is 9.69 Å². The van der Waals surface area contributed by atoms with Crippen molar-refractivity contribution in [3.63, 3.8) is 0 Å². The number of aromatic nitrogens is 1. The van der Waals surface area contributed by atoms with E-state index in [-0.39, 0.29) is 6.10 Å². The summed E-state index contributed by atoms with van der Waals surface area (Å²) in [5.74, 6) is 2.37. The molecule has 1 fully saturated rings. The maximum absolute atomic E-state index is 11.5. The molecule has 3 aromatic rings. The molecule has 6 nitrogen and oxygen atoms in total. The van der Waals surface area contributed by atoms with Crippen LogP contribution in [-0.4, -0.2) is 45.1 Å². The van der Waals surface area contributed by atoms with E-state index in [1.807, 2.05) is 42.2 Å². The van der Waals surface area contributed by atoms with E-state index in [9.17, 15) is 9.90 Å². The average Bonchev–Trinajstić information content (AvgIpc) is 3.41. The van der Waals surface area contributed by atoms with Crippen molar-refractivity contribution in [3.05, 3.63) is 70.1 Å². The number of thioether (sulfide) groups is 1. The van der Waals surface area contributed by atoms with Crippen LogP contribution in [0.2, 0.25) is 0 Å². The summed E-state index contributed by atoms with van der Waals surface area (Å²) in [6.07, 6.45) is 1.94. The Morgan fingerprint density at radius 1 is 1.37 bits per heavy atom. The van der Waals surface area contributed by atoms with Gasteiger partial charge in [-0.25, -0.2) is 4.98 Å². The van der Waals surface area contributed by atoms with E-state index < -0.39 is 12.0 Å². The van der Waals surface area contributed by atoms with Gasteiger partial charge in [0, 0.05) is 35.9 Å². The highest BCUT2D eigenvalue weighted by molar-refractivity contribution is 7.99. The minimum absolute atomic E-state index is 0.233. The third-order valence-corrected chi connectivity index (χ3v) is 7.09. The Morgan fingerprint density at radius 3 is 2.87 bits per heavy atom. The molecule has 1 aliphatic heterocycles. The Morgan fingerprint density at radius 2 is 2.20 bits per heavy atom. The van der Waals surface area contributed by atoms with Gasteiger partial charge in [0.05, 0.1) is 0 Å². The molecule has 8 heteroatoms. The van der Waals surface area contributed by atoms with Crippen LogP contribution in [0.3, 0.4) is 0 Å². The van der Waals surface area contributed by atoms with Crippen molar-refractivity contribution in [2.75, 3.05) is 18.1 Å². The number of benzene rings is 1. The number of carboxylic acids is 1. The minimum atomic E-state index is -0.749. The van der Waals surface area contributed by atoms with E-state index in [0.29, 0.717) is 12.3 Å². The van der Waals surface area contributed by atoms with Crippen LogP contribution in [-0.2, 0) is 17.8 Å². The molecule has 0 amide bonds. The zero-order valence-electron chi connectivity index (χ0n) is 16.7. The van der Waals surface area contributed by atoms with Gasteiger partial charge in [0.15, 0.2) is 6.39 Å². The lowest BCUT2D eigenvalue weighted by Gasteiger charge is -2.32. The summed E-state index contributed by atoms with van der Waals surface area (Å²) < 4.78 is 11.7. The molecule has 0 spiro atoms. The summed E-state index contributed by atoms with van der Waals surface area (Å²) in [5, 5.41) is 11.5. The second-order valence-electron chi connectivity index (χ2n) is 7.23. The number of oxazole rings is 1. The molecule has 4 rings (SSSR count). The molecule has 2 unspecified atom stereocenters. The first-order chi connectivity index (χ1) is 14.6. The standard InChI is InChI=1S/C22H24N2O4S2/c1-15-21(23-14-27-15)20(11-18-3-2-9-30-18)28-17-6-4-16(5-7-17)12-24-8-10-29-13-19(24)22(25)26/h2-7,9,14,19-20H,8,10-13H2,1H3,(H,25,26). The van der Waals surface area contributed by atoms with Crippen LogP contribution in [0.25, 0.3) is 0 Å². The first-order valence-electron chi connectivity index (χ1n) is 9.82. The quantitative estimate of drug-likeness (QED) is 0.551. The normalized spacial score (nSPS) is 18.2. The zero-order chi connectivity index (χ0) is 20.9. The number of hydrogen-bond acceptors (Lipinski definition) is 7. The van der Waals surface area contributed by atoms with Gasteiger partial charge in [0.1, 0.15) is 29.3 Å². The van der Waals surface area contributed by atoms with Crippen molar-refractivity contribution in [3.8, 4) is 5.75 Å². The Hall–Kier alpha value is -2.29. The van der Waals surface area contributed by atoms with Crippen molar-refractivity contribution >= 4 is 29.1 Å². The fraction of sp³-hybridized carbons (Fsp3) is 0.364. The van der Waals surface area contributed by atoms with Crippen LogP contribution in [0, 0.1) is 6.92 Å². The first kappa shape index (κ1) is 21.0. The molecule has 0 aliphatic carbocycles. The highest BCUT2D eigenvalue weighted by Gasteiger charge is 2.28. The van der Waals surface area contributed by atoms with Gasteiger partial charge >= 0.3 is 5.97 Å². The molecule has 0 radical (unpaired) electrons. The van der Waals surface area contributed by atoms with Gasteiger partial charge in [-0.05, 0) is 36.1 Å². The summed E-state index contributed by atoms with van der Waals surface area (Å²) in [4.78, 5) is 19.1. The van der Waals surface area contributed by atoms with Gasteiger partial charge in [-0.15, -0.1) is 11.3 Å². The second-order valence-corrected chi connectivity index (χ2v) is 9.41. The lowest BCUT2D eigenvalue weighted by molar-refractivity contribution is -0.142. The SMILES string of the molecule is Cc1ocnc1C(Cc1cccs1)Oc1ccc(CN2CCSCC2C(=O)O)cc1. The summed E-state index contributed by atoms with van der Waals surface area (Å²) in [7, 11) is 0. The number of aliphatic carboxylic acids is 1. The third kappa shape index (κ3) is 5.06. The highest BCUT2D eigenvalue weighted by Crippen LogP contribution is 2.29. The fourth-order valence-corrected chi connectivity index (χ4v) is 5.40. The van der Waals surface area contributed by atoms with Crippen LogP contribution in [0.1, 0.15) is 28.0 Å². The van der Waals surface area contributed by atoms with Gasteiger partial charge in [0.25, 0.3) is 0 Å². The van der Waals surface area contributed by atoms with Crippen molar-refractivity contribution < 1.29 is 19.1 Å². The molecular formula is C22H24N2O4S2. The second kappa shape index (κ2) is 9.68. The minimum Gasteiger partial charge on any atom is -0.484 e. The summed E-state index contributed by atoms with van der Waals surface area (Å²) in [6, 6.07) is 11.6. The fourth-order valence-electron chi connectivity index (χ4n) is 3.56. The summed E-state index contributed by atoms with van der Waals surface area (Å²) in [6.45, 7) is 3.30. The smallest absolute Gasteiger partial charge is 0.321 e. The maximum Gasteiger partial charge on any atom is 0.321 e. The van der Waals surface area contributed by atoms with Crippen molar-refractivity contribution in [2.45, 2.75) is 32.0 Å². The van der Waals surface area contributed by atoms with Crippen LogP contribution in [0.4, 0.5) is 0 Å². The third-order valence-electron chi connectivity index (χ3n) is 5.17. The van der Waals surface area contributed by atoms with Crippen LogP contribution in [0.15, 0.2) is 52.6 Å². The lowest BCUT2D eigenvalue weighted by atomic mass is 10.1. The number of thiophene rings is 1. The monoisotopic (exact) mass is 444 g/mol. The van der Waals surface area contributed by atoms with Gasteiger partial charge in [-0.2, -0.15) is 11.8 Å². The molecule has 1 N–H and O–H groups in total. The van der Waals surface area contributed by atoms with E-state index in [2.05, 4.69) is 16.4 Å². The Kier molecular flexibility index (Phi) is 6.76. The molecule has 0 saturated carbocycles. The Balaban J connectivity index is 1.45. The van der Waals surface area contributed by atoms with Gasteiger partial charge < -0.3 is 14.3 Å². The summed E-state index contributed by atoms with van der Waals surface area (Å²) in [5.41, 5.74) is 1.88. The molecule has 2 aromatic heterocycles. The van der Waals surface area contributed by atoms with E-state index in [4.69, 9.17) is 9.15 Å². The molecule has 1 saturated heterocycles. The molecular weight excluding hydrogens is 420 g/mol. The number of hydrogen-bond donors (Lipinski definition) is 1. The predicted octanol–water partition coefficient (Wildman–Crippen LogP) is 4.41. The maximum atomic E-state index is 11.5. The molecule has 1 aliphatic rings. The van der Waals surface area contributed by atoms with Gasteiger partial charge in [0.2, 0.25) is 0 Å². The first-order valence-corrected chi connectivity index (χ1v) is 11.9. The van der Waals surface area contributed by atoms with Crippen LogP contribution >= 0.6 is 23.1 Å². The van der Waals surface area contributed by atoms with E-state index in [1.165, 1.54) is 11.3 Å². The lowest BCUT2D eigenvalue weighted by Crippen LogP contribution is -2.46. The molecule has 0 bridgehead atoms. The molecule has 30 heavy (non-hydrogen) atoms. The predicted molar refractivity (Wildman–Crippen MR) is 118 cm³/mol. The molecule has 2 atom stereocenters. The van der Waals surface area contributed by atoms with E-state index in [1.54, 1.807) is 23.1 Å². The molecule has 158 valence electrons. The number of aryl methyl sites for hydroxylation is 1. The number of nitrogens with zero attached hydrogens (tertiary/aromatic N) is 2. The Labute approximate surface area is 183 Å². The molecule has 3 heterocycles. The largest absolute Gasteiger partial charge is 0.484 e. The topological polar surface area (TPSA) is 75.8 Å². The Bertz CT molecular complexity index is 956. The number of carboxylic acid groups (broad SMARTS) is 1. The summed E-state index contributed by atoms with van der Waals surface area (Å²) >= 11 is 3.40. The van der Waals surface area contributed by atoms with Gasteiger partial charge in [-0.1, -0.05) is 18.2 Å². The zero-order valence-corrected chi connectivity index (χ0v) is 18.3. The van der Waals surface area contributed by atoms with Crippen molar-refractivity contribution in [1.29, 1.82) is 0 Å². The van der Waals surface area contributed by atoms with E-state index >= 15 is 0 Å². The van der Waals surface area contributed by atoms with Crippen molar-refractivity contribution in [2.24, 2.45) is 0 Å². The highest BCUT2D eigenvalue weighted by atomic mass is 32.2. The van der Waals surface area contributed by atoms with Crippen LogP contribution < -0.4 is 4.74 Å². The average molecular weight is 445 g/mol. The molecule has 1 aromatic carbocycles. The van der Waals surface area contributed by atoms with E-state index in [0.717, 1.165) is 41.5 Å². The number of ether oxygens (including phenoxy) is 1. The van der Waals surface area contributed by atoms with Crippen LogP contribution in [0.5, 0.6) is 5.75 Å². The number of rotatable bonds is 8. The van der Waals surface area contributed by atoms with Crippen molar-refractivity contribution in [1.82, 2.24) is 9.88 Å². The number of carbonyl (C=O) groups is 1.